The first kappa shape index (κ1) is 5.25. The highest BCUT2D eigenvalue weighted by atomic mass is 32.2. The zero-order valence-electron chi connectivity index (χ0n) is 4.31. The third kappa shape index (κ3) is 0.836. The Labute approximate surface area is 45.7 Å². The summed E-state index contributed by atoms with van der Waals surface area (Å²) in [5, 5.41) is 5.10. The summed E-state index contributed by atoms with van der Waals surface area (Å²) in [6.07, 6.45) is 2.08. The first-order valence-corrected chi connectivity index (χ1v) is 3.53. The van der Waals surface area contributed by atoms with Crippen molar-refractivity contribution in [2.45, 2.75) is 24.5 Å². The second-order valence-corrected chi connectivity index (χ2v) is 3.83. The Morgan fingerprint density at radius 3 is 2.14 bits per heavy atom. The summed E-state index contributed by atoms with van der Waals surface area (Å²) in [4.78, 5) is 0. The molecule has 1 fully saturated rings. The maximum Gasteiger partial charge on any atom is 0.0948 e. The molecule has 0 saturated heterocycles. The Bertz CT molecular complexity index is 108. The Morgan fingerprint density at radius 2 is 2.14 bits per heavy atom. The zero-order valence-corrected chi connectivity index (χ0v) is 5.12. The van der Waals surface area contributed by atoms with Crippen molar-refractivity contribution in [3.05, 3.63) is 0 Å². The fraction of sp³-hybridized carbons (Fsp3) is 1.00. The van der Waals surface area contributed by atoms with E-state index in [2.05, 4.69) is 0 Å². The number of hydrogen-bond acceptors (Lipinski definition) is 1. The summed E-state index contributed by atoms with van der Waals surface area (Å²) >= 11 is 0. The number of nitrogens with two attached hydrogens (primary N) is 1. The van der Waals surface area contributed by atoms with Gasteiger partial charge in [-0.25, -0.2) is 4.21 Å². The highest BCUT2D eigenvalue weighted by Gasteiger charge is 2.42. The minimum absolute atomic E-state index is 0. The number of hydrogen-bond donors (Lipinski definition) is 1. The standard InChI is InChI=1S/C4H9NOS/c1-4(2-3-4)7(5)6/h2-3,5H2,1H3. The van der Waals surface area contributed by atoms with Crippen molar-refractivity contribution in [1.29, 1.82) is 0 Å². The van der Waals surface area contributed by atoms with Crippen molar-refractivity contribution < 1.29 is 4.21 Å². The smallest absolute Gasteiger partial charge is 0.0948 e. The van der Waals surface area contributed by atoms with Crippen LogP contribution in [0, 0.1) is 0 Å². The summed E-state index contributed by atoms with van der Waals surface area (Å²) in [5.74, 6) is 0. The van der Waals surface area contributed by atoms with Crippen LogP contribution in [0.25, 0.3) is 0 Å². The van der Waals surface area contributed by atoms with Crippen LogP contribution in [0.3, 0.4) is 0 Å². The molecule has 0 aromatic rings. The molecule has 0 spiro atoms. The fourth-order valence-electron chi connectivity index (χ4n) is 0.377. The van der Waals surface area contributed by atoms with Crippen LogP contribution in [0.2, 0.25) is 0 Å². The second kappa shape index (κ2) is 1.29. The molecule has 0 aromatic carbocycles. The third-order valence-corrected chi connectivity index (χ3v) is 2.82. The van der Waals surface area contributed by atoms with Gasteiger partial charge in [-0.15, -0.1) is 0 Å². The van der Waals surface area contributed by atoms with E-state index >= 15 is 0 Å². The molecule has 0 heterocycles. The molecule has 3 heteroatoms. The number of rotatable bonds is 1. The Balaban J connectivity index is 2.55. The van der Waals surface area contributed by atoms with Gasteiger partial charge in [0.05, 0.1) is 15.7 Å². The van der Waals surface area contributed by atoms with E-state index in [1.165, 1.54) is 0 Å². The average Bonchev–Trinajstić information content (AvgIpc) is 2.21. The predicted molar refractivity (Wildman–Crippen MR) is 30.0 cm³/mol. The summed E-state index contributed by atoms with van der Waals surface area (Å²) < 4.78 is 10.4. The van der Waals surface area contributed by atoms with Crippen LogP contribution in [0.15, 0.2) is 0 Å². The van der Waals surface area contributed by atoms with Crippen molar-refractivity contribution in [3.63, 3.8) is 0 Å². The minimum atomic E-state index is -1.07. The van der Waals surface area contributed by atoms with Crippen molar-refractivity contribution in [2.75, 3.05) is 0 Å². The largest absolute Gasteiger partial charge is 0.251 e. The Kier molecular flexibility index (Phi) is 0.970. The first-order valence-electron chi connectivity index (χ1n) is 2.31. The van der Waals surface area contributed by atoms with Crippen molar-refractivity contribution in [2.24, 2.45) is 5.14 Å². The molecule has 0 radical (unpaired) electrons. The monoisotopic (exact) mass is 119 g/mol. The minimum Gasteiger partial charge on any atom is -0.251 e. The van der Waals surface area contributed by atoms with E-state index in [0.717, 1.165) is 12.8 Å². The highest BCUT2D eigenvalue weighted by Crippen LogP contribution is 2.38. The van der Waals surface area contributed by atoms with Gasteiger partial charge in [0.25, 0.3) is 0 Å². The summed E-state index contributed by atoms with van der Waals surface area (Å²) in [6, 6.07) is 0. The molecule has 7 heavy (non-hydrogen) atoms. The summed E-state index contributed by atoms with van der Waals surface area (Å²) in [6.45, 7) is 1.95. The molecule has 1 unspecified atom stereocenters. The summed E-state index contributed by atoms with van der Waals surface area (Å²) in [7, 11) is -1.07. The van der Waals surface area contributed by atoms with Gasteiger partial charge >= 0.3 is 0 Å². The van der Waals surface area contributed by atoms with E-state index in [1.807, 2.05) is 6.92 Å². The molecule has 0 bridgehead atoms. The van der Waals surface area contributed by atoms with Crippen molar-refractivity contribution >= 4 is 11.0 Å². The fourth-order valence-corrected chi connectivity index (χ4v) is 0.882. The van der Waals surface area contributed by atoms with E-state index < -0.39 is 11.0 Å². The van der Waals surface area contributed by atoms with Gasteiger partial charge in [0.1, 0.15) is 0 Å². The first-order chi connectivity index (χ1) is 3.15. The topological polar surface area (TPSA) is 43.1 Å². The molecule has 0 amide bonds. The van der Waals surface area contributed by atoms with Crippen LogP contribution in [0.5, 0.6) is 0 Å². The predicted octanol–water partition coefficient (Wildman–Crippen LogP) is 0.161. The molecule has 1 saturated carbocycles. The van der Waals surface area contributed by atoms with Crippen LogP contribution in [0.4, 0.5) is 0 Å². The van der Waals surface area contributed by atoms with Crippen molar-refractivity contribution in [3.8, 4) is 0 Å². The Morgan fingerprint density at radius 1 is 1.71 bits per heavy atom. The molecule has 1 aliphatic rings. The lowest BCUT2D eigenvalue weighted by Crippen LogP contribution is -2.18. The lowest BCUT2D eigenvalue weighted by Gasteiger charge is -1.97. The molecular formula is C4H9NOS. The van der Waals surface area contributed by atoms with Crippen LogP contribution < -0.4 is 5.14 Å². The maximum absolute atomic E-state index is 10.4. The highest BCUT2D eigenvalue weighted by molar-refractivity contribution is 7.84. The van der Waals surface area contributed by atoms with Gasteiger partial charge < -0.3 is 0 Å². The molecule has 1 rings (SSSR count). The molecule has 0 aliphatic heterocycles. The molecule has 2 nitrogen and oxygen atoms in total. The molecule has 1 aliphatic carbocycles. The summed E-state index contributed by atoms with van der Waals surface area (Å²) in [5.41, 5.74) is 0. The van der Waals surface area contributed by atoms with Crippen LogP contribution >= 0.6 is 0 Å². The van der Waals surface area contributed by atoms with E-state index in [9.17, 15) is 4.21 Å². The normalized spacial score (nSPS) is 29.4. The van der Waals surface area contributed by atoms with Crippen LogP contribution in [-0.4, -0.2) is 8.96 Å². The van der Waals surface area contributed by atoms with Gasteiger partial charge in [-0.1, -0.05) is 0 Å². The van der Waals surface area contributed by atoms with E-state index in [0.29, 0.717) is 0 Å². The van der Waals surface area contributed by atoms with Gasteiger partial charge in [0.2, 0.25) is 0 Å². The van der Waals surface area contributed by atoms with E-state index in [4.69, 9.17) is 5.14 Å². The van der Waals surface area contributed by atoms with Crippen LogP contribution in [-0.2, 0) is 11.0 Å². The van der Waals surface area contributed by atoms with E-state index in [-0.39, 0.29) is 4.75 Å². The molecule has 2 N–H and O–H groups in total. The van der Waals surface area contributed by atoms with Gasteiger partial charge in [0, 0.05) is 0 Å². The van der Waals surface area contributed by atoms with Gasteiger partial charge in [0.15, 0.2) is 0 Å². The van der Waals surface area contributed by atoms with Gasteiger partial charge in [-0.2, -0.15) is 0 Å². The van der Waals surface area contributed by atoms with Crippen LogP contribution in [0.1, 0.15) is 19.8 Å². The zero-order chi connectivity index (χ0) is 5.49. The molecule has 42 valence electrons. The third-order valence-electron chi connectivity index (χ3n) is 1.44. The lowest BCUT2D eigenvalue weighted by molar-refractivity contribution is 0.674. The van der Waals surface area contributed by atoms with Crippen molar-refractivity contribution in [1.82, 2.24) is 0 Å². The molecule has 0 aromatic heterocycles. The Hall–Kier alpha value is 0.110. The quantitative estimate of drug-likeness (QED) is 0.525. The average molecular weight is 119 g/mol. The van der Waals surface area contributed by atoms with E-state index in [1.54, 1.807) is 0 Å². The maximum atomic E-state index is 10.4. The lowest BCUT2D eigenvalue weighted by atomic mass is 10.5. The molecule has 1 atom stereocenters. The second-order valence-electron chi connectivity index (χ2n) is 2.25. The van der Waals surface area contributed by atoms with Gasteiger partial charge in [-0.3, -0.25) is 5.14 Å². The SMILES string of the molecule is CC1(S(N)=O)CC1. The molecular weight excluding hydrogens is 110 g/mol. The van der Waals surface area contributed by atoms with Gasteiger partial charge in [-0.05, 0) is 19.8 Å².